The number of halogens is 3. The van der Waals surface area contributed by atoms with E-state index in [1.807, 2.05) is 6.92 Å². The lowest BCUT2D eigenvalue weighted by Gasteiger charge is -2.12. The standard InChI is InChI=1S/C11H17F3N4O/c1-3-8-17-9(15)7(2)10(18-8)16-4-5-19-6-11(12,13)14/h3-6H2,1-2H3,(H3,15,16,17,18). The molecule has 0 saturated heterocycles. The lowest BCUT2D eigenvalue weighted by atomic mass is 10.3. The molecule has 8 heteroatoms. The number of ether oxygens (including phenoxy) is 1. The van der Waals surface area contributed by atoms with Crippen molar-refractivity contribution >= 4 is 11.6 Å². The van der Waals surface area contributed by atoms with Crippen LogP contribution in [-0.2, 0) is 11.2 Å². The first-order valence-corrected chi connectivity index (χ1v) is 5.85. The zero-order valence-corrected chi connectivity index (χ0v) is 10.8. The zero-order chi connectivity index (χ0) is 14.5. The Labute approximate surface area is 109 Å². The molecule has 1 heterocycles. The monoisotopic (exact) mass is 278 g/mol. The molecular formula is C11H17F3N4O. The van der Waals surface area contributed by atoms with Crippen molar-refractivity contribution in [1.29, 1.82) is 0 Å². The first-order valence-electron chi connectivity index (χ1n) is 5.85. The number of aryl methyl sites for hydroxylation is 1. The molecule has 0 aliphatic carbocycles. The summed E-state index contributed by atoms with van der Waals surface area (Å²) in [4.78, 5) is 8.29. The number of aromatic nitrogens is 2. The van der Waals surface area contributed by atoms with Gasteiger partial charge in [-0.25, -0.2) is 9.97 Å². The summed E-state index contributed by atoms with van der Waals surface area (Å²) in [7, 11) is 0. The van der Waals surface area contributed by atoms with E-state index in [-0.39, 0.29) is 13.2 Å². The Morgan fingerprint density at radius 2 is 2.00 bits per heavy atom. The number of nitrogen functional groups attached to an aromatic ring is 1. The van der Waals surface area contributed by atoms with E-state index in [1.165, 1.54) is 0 Å². The Kier molecular flexibility index (Phi) is 5.34. The number of nitrogens with two attached hydrogens (primary N) is 1. The predicted molar refractivity (Wildman–Crippen MR) is 65.9 cm³/mol. The highest BCUT2D eigenvalue weighted by Gasteiger charge is 2.27. The Hall–Kier alpha value is -1.57. The van der Waals surface area contributed by atoms with Gasteiger partial charge in [0.2, 0.25) is 0 Å². The van der Waals surface area contributed by atoms with E-state index in [1.54, 1.807) is 6.92 Å². The molecule has 0 unspecified atom stereocenters. The first kappa shape index (κ1) is 15.5. The summed E-state index contributed by atoms with van der Waals surface area (Å²) >= 11 is 0. The number of rotatable bonds is 6. The molecule has 0 radical (unpaired) electrons. The Balaban J connectivity index is 2.47. The van der Waals surface area contributed by atoms with E-state index in [0.29, 0.717) is 29.4 Å². The molecule has 1 aromatic heterocycles. The lowest BCUT2D eigenvalue weighted by molar-refractivity contribution is -0.172. The van der Waals surface area contributed by atoms with Gasteiger partial charge in [0, 0.05) is 18.5 Å². The third-order valence-corrected chi connectivity index (χ3v) is 2.35. The largest absolute Gasteiger partial charge is 0.411 e. The number of nitrogens with zero attached hydrogens (tertiary/aromatic N) is 2. The smallest absolute Gasteiger partial charge is 0.383 e. The van der Waals surface area contributed by atoms with Crippen LogP contribution >= 0.6 is 0 Å². The van der Waals surface area contributed by atoms with Gasteiger partial charge in [0.05, 0.1) is 6.61 Å². The minimum atomic E-state index is -4.30. The van der Waals surface area contributed by atoms with Crippen molar-refractivity contribution < 1.29 is 17.9 Å². The fourth-order valence-electron chi connectivity index (χ4n) is 1.34. The highest BCUT2D eigenvalue weighted by atomic mass is 19.4. The average molecular weight is 278 g/mol. The molecule has 0 saturated carbocycles. The van der Waals surface area contributed by atoms with Gasteiger partial charge in [-0.15, -0.1) is 0 Å². The summed E-state index contributed by atoms with van der Waals surface area (Å²) in [6.07, 6.45) is -3.67. The number of anilines is 2. The molecule has 0 aliphatic rings. The second-order valence-electron chi connectivity index (χ2n) is 3.95. The van der Waals surface area contributed by atoms with Crippen LogP contribution in [0.25, 0.3) is 0 Å². The second kappa shape index (κ2) is 6.55. The van der Waals surface area contributed by atoms with Crippen LogP contribution in [0.5, 0.6) is 0 Å². The van der Waals surface area contributed by atoms with Crippen LogP contribution < -0.4 is 11.1 Å². The molecule has 0 fully saturated rings. The van der Waals surface area contributed by atoms with Gasteiger partial charge in [-0.1, -0.05) is 6.92 Å². The first-order chi connectivity index (χ1) is 8.83. The Morgan fingerprint density at radius 3 is 2.58 bits per heavy atom. The molecule has 5 nitrogen and oxygen atoms in total. The SMILES string of the molecule is CCc1nc(N)c(C)c(NCCOCC(F)(F)F)n1. The number of hydrogen-bond donors (Lipinski definition) is 2. The number of nitrogens with one attached hydrogen (secondary N) is 1. The van der Waals surface area contributed by atoms with Crippen LogP contribution in [0.15, 0.2) is 0 Å². The second-order valence-corrected chi connectivity index (χ2v) is 3.95. The molecule has 1 aromatic rings. The molecule has 0 aliphatic heterocycles. The van der Waals surface area contributed by atoms with Gasteiger partial charge in [0.25, 0.3) is 0 Å². The van der Waals surface area contributed by atoms with E-state index in [0.717, 1.165) is 0 Å². The average Bonchev–Trinajstić information content (AvgIpc) is 2.32. The van der Waals surface area contributed by atoms with Crippen molar-refractivity contribution in [2.75, 3.05) is 30.8 Å². The number of alkyl halides is 3. The van der Waals surface area contributed by atoms with E-state index in [9.17, 15) is 13.2 Å². The molecule has 19 heavy (non-hydrogen) atoms. The molecule has 0 amide bonds. The van der Waals surface area contributed by atoms with Crippen LogP contribution in [0.3, 0.4) is 0 Å². The molecule has 1 rings (SSSR count). The molecule has 0 spiro atoms. The molecule has 0 aromatic carbocycles. The van der Waals surface area contributed by atoms with Crippen molar-refractivity contribution in [2.24, 2.45) is 0 Å². The molecular weight excluding hydrogens is 261 g/mol. The maximum Gasteiger partial charge on any atom is 0.411 e. The third-order valence-electron chi connectivity index (χ3n) is 2.35. The van der Waals surface area contributed by atoms with Crippen LogP contribution in [0, 0.1) is 6.92 Å². The van der Waals surface area contributed by atoms with Crippen molar-refractivity contribution in [2.45, 2.75) is 26.4 Å². The summed E-state index contributed by atoms with van der Waals surface area (Å²) in [5.74, 6) is 1.48. The minimum Gasteiger partial charge on any atom is -0.383 e. The van der Waals surface area contributed by atoms with E-state index in [4.69, 9.17) is 5.73 Å². The van der Waals surface area contributed by atoms with Crippen molar-refractivity contribution in [3.63, 3.8) is 0 Å². The summed E-state index contributed by atoms with van der Waals surface area (Å²) in [6.45, 7) is 2.54. The van der Waals surface area contributed by atoms with Gasteiger partial charge >= 0.3 is 6.18 Å². The summed E-state index contributed by atoms with van der Waals surface area (Å²) in [5, 5.41) is 2.89. The topological polar surface area (TPSA) is 73.1 Å². The van der Waals surface area contributed by atoms with E-state index >= 15 is 0 Å². The lowest BCUT2D eigenvalue weighted by Crippen LogP contribution is -2.20. The fraction of sp³-hybridized carbons (Fsp3) is 0.636. The van der Waals surface area contributed by atoms with Gasteiger partial charge in [-0.05, 0) is 6.92 Å². The van der Waals surface area contributed by atoms with E-state index < -0.39 is 12.8 Å². The van der Waals surface area contributed by atoms with Gasteiger partial charge in [-0.3, -0.25) is 0 Å². The molecule has 0 bridgehead atoms. The Morgan fingerprint density at radius 1 is 1.32 bits per heavy atom. The third kappa shape index (κ3) is 5.29. The fourth-order valence-corrected chi connectivity index (χ4v) is 1.34. The predicted octanol–water partition coefficient (Wildman–Crippen LogP) is 1.92. The van der Waals surface area contributed by atoms with Crippen molar-refractivity contribution in [3.8, 4) is 0 Å². The van der Waals surface area contributed by atoms with Crippen LogP contribution in [-0.4, -0.2) is 35.9 Å². The molecule has 3 N–H and O–H groups in total. The van der Waals surface area contributed by atoms with Crippen molar-refractivity contribution in [1.82, 2.24) is 9.97 Å². The van der Waals surface area contributed by atoms with Gasteiger partial charge in [-0.2, -0.15) is 13.2 Å². The summed E-state index contributed by atoms with van der Waals surface area (Å²) < 4.78 is 40.0. The molecule has 108 valence electrons. The highest BCUT2D eigenvalue weighted by Crippen LogP contribution is 2.17. The van der Waals surface area contributed by atoms with Gasteiger partial charge in [0.1, 0.15) is 24.1 Å². The van der Waals surface area contributed by atoms with Crippen LogP contribution in [0.1, 0.15) is 18.3 Å². The highest BCUT2D eigenvalue weighted by molar-refractivity contribution is 5.54. The number of hydrogen-bond acceptors (Lipinski definition) is 5. The van der Waals surface area contributed by atoms with E-state index in [2.05, 4.69) is 20.0 Å². The van der Waals surface area contributed by atoms with Gasteiger partial charge < -0.3 is 15.8 Å². The van der Waals surface area contributed by atoms with Crippen LogP contribution in [0.4, 0.5) is 24.8 Å². The maximum atomic E-state index is 11.8. The van der Waals surface area contributed by atoms with Crippen molar-refractivity contribution in [3.05, 3.63) is 11.4 Å². The molecule has 0 atom stereocenters. The summed E-state index contributed by atoms with van der Waals surface area (Å²) in [6, 6.07) is 0. The Bertz CT molecular complexity index is 423. The minimum absolute atomic E-state index is 0.0652. The zero-order valence-electron chi connectivity index (χ0n) is 10.8. The normalized spacial score (nSPS) is 11.6. The summed E-state index contributed by atoms with van der Waals surface area (Å²) in [5.41, 5.74) is 6.39. The van der Waals surface area contributed by atoms with Crippen LogP contribution in [0.2, 0.25) is 0 Å². The van der Waals surface area contributed by atoms with Gasteiger partial charge in [0.15, 0.2) is 0 Å². The maximum absolute atomic E-state index is 11.8. The quantitative estimate of drug-likeness (QED) is 0.778.